The molecule has 5 heteroatoms. The topological polar surface area (TPSA) is 56.0 Å². The van der Waals surface area contributed by atoms with E-state index in [1.54, 1.807) is 33.6 Å². The van der Waals surface area contributed by atoms with Crippen molar-refractivity contribution in [3.8, 4) is 0 Å². The van der Waals surface area contributed by atoms with Gasteiger partial charge in [0.15, 0.2) is 0 Å². The Morgan fingerprint density at radius 3 is 2.17 bits per heavy atom. The summed E-state index contributed by atoms with van der Waals surface area (Å²) in [6.45, 7) is 2.64. The molecule has 1 aliphatic rings. The molecule has 0 amide bonds. The molecule has 24 heavy (non-hydrogen) atoms. The van der Waals surface area contributed by atoms with Crippen molar-refractivity contribution in [2.75, 3.05) is 0 Å². The van der Waals surface area contributed by atoms with E-state index in [0.29, 0.717) is 17.3 Å². The summed E-state index contributed by atoms with van der Waals surface area (Å²) in [6, 6.07) is 17.1. The molecule has 1 N–H and O–H groups in total. The molecular weight excluding hydrogens is 302 g/mol. The van der Waals surface area contributed by atoms with Crippen LogP contribution in [-0.4, -0.2) is 9.36 Å². The fraction of sp³-hybridized carbons (Fsp3) is 0.263. The summed E-state index contributed by atoms with van der Waals surface area (Å²) >= 11 is 0. The monoisotopic (exact) mass is 321 g/mol. The number of rotatable bonds is 3. The molecule has 2 unspecified atom stereocenters. The average Bonchev–Trinajstić information content (AvgIpc) is 2.95. The van der Waals surface area contributed by atoms with Crippen LogP contribution in [0.4, 0.5) is 0 Å². The van der Waals surface area contributed by atoms with Gasteiger partial charge in [0.25, 0.3) is 11.1 Å². The summed E-state index contributed by atoms with van der Waals surface area (Å²) in [5.41, 5.74) is 0.946. The lowest BCUT2D eigenvalue weighted by atomic mass is 10.2. The van der Waals surface area contributed by atoms with Gasteiger partial charge in [-0.05, 0) is 24.6 Å². The van der Waals surface area contributed by atoms with E-state index >= 15 is 0 Å². The van der Waals surface area contributed by atoms with Crippen LogP contribution in [0.3, 0.4) is 0 Å². The van der Waals surface area contributed by atoms with E-state index in [0.717, 1.165) is 12.0 Å². The fourth-order valence-electron chi connectivity index (χ4n) is 3.53. The van der Waals surface area contributed by atoms with Crippen LogP contribution in [0.2, 0.25) is 0 Å². The fourth-order valence-corrected chi connectivity index (χ4v) is 3.53. The van der Waals surface area contributed by atoms with Gasteiger partial charge in [0.1, 0.15) is 6.17 Å². The molecule has 0 aliphatic carbocycles. The zero-order valence-electron chi connectivity index (χ0n) is 13.5. The van der Waals surface area contributed by atoms with Crippen LogP contribution in [0, 0.1) is 0 Å². The maximum Gasteiger partial charge on any atom is 0.274 e. The highest BCUT2D eigenvalue weighted by atomic mass is 16.2. The van der Waals surface area contributed by atoms with E-state index in [-0.39, 0.29) is 23.3 Å². The summed E-state index contributed by atoms with van der Waals surface area (Å²) in [4.78, 5) is 25.7. The summed E-state index contributed by atoms with van der Waals surface area (Å²) < 4.78 is 3.20. The van der Waals surface area contributed by atoms with Gasteiger partial charge in [-0.3, -0.25) is 14.9 Å². The summed E-state index contributed by atoms with van der Waals surface area (Å²) in [5.74, 6) is 0. The maximum absolute atomic E-state index is 12.9. The number of aromatic nitrogens is 2. The Morgan fingerprint density at radius 1 is 0.917 bits per heavy atom. The van der Waals surface area contributed by atoms with Gasteiger partial charge in [-0.15, -0.1) is 0 Å². The van der Waals surface area contributed by atoms with Crippen LogP contribution in [0.1, 0.15) is 31.1 Å². The Morgan fingerprint density at radius 2 is 1.50 bits per heavy atom. The number of nitrogens with zero attached hydrogens (tertiary/aromatic N) is 2. The van der Waals surface area contributed by atoms with Crippen LogP contribution in [0.5, 0.6) is 0 Å². The second kappa shape index (κ2) is 5.76. The molecule has 5 nitrogen and oxygen atoms in total. The molecule has 0 saturated carbocycles. The van der Waals surface area contributed by atoms with Gasteiger partial charge in [-0.25, -0.2) is 9.36 Å². The summed E-state index contributed by atoms with van der Waals surface area (Å²) in [6.07, 6.45) is 0.545. The Labute approximate surface area is 139 Å². The average molecular weight is 321 g/mol. The normalized spacial score (nSPS) is 19.5. The zero-order chi connectivity index (χ0) is 16.7. The molecule has 3 aromatic rings. The number of hydrogen-bond acceptors (Lipinski definition) is 3. The first-order valence-electron chi connectivity index (χ1n) is 8.20. The Balaban J connectivity index is 1.78. The molecule has 122 valence electrons. The minimum Gasteiger partial charge on any atom is -0.291 e. The van der Waals surface area contributed by atoms with Crippen molar-refractivity contribution in [1.29, 1.82) is 0 Å². The van der Waals surface area contributed by atoms with Crippen LogP contribution >= 0.6 is 0 Å². The molecule has 0 radical (unpaired) electrons. The number of benzene rings is 2. The third kappa shape index (κ3) is 2.29. The molecule has 2 atom stereocenters. The Hall–Kier alpha value is -2.66. The Bertz CT molecular complexity index is 1000. The van der Waals surface area contributed by atoms with Gasteiger partial charge in [0.2, 0.25) is 0 Å². The lowest BCUT2D eigenvalue weighted by Gasteiger charge is -2.17. The molecule has 0 bridgehead atoms. The summed E-state index contributed by atoms with van der Waals surface area (Å²) in [5, 5.41) is 4.40. The van der Waals surface area contributed by atoms with Crippen molar-refractivity contribution in [2.24, 2.45) is 0 Å². The predicted molar refractivity (Wildman–Crippen MR) is 94.1 cm³/mol. The van der Waals surface area contributed by atoms with Crippen molar-refractivity contribution in [3.63, 3.8) is 0 Å². The Kier molecular flexibility index (Phi) is 3.58. The lowest BCUT2D eigenvalue weighted by Crippen LogP contribution is -2.39. The van der Waals surface area contributed by atoms with Gasteiger partial charge >= 0.3 is 0 Å². The van der Waals surface area contributed by atoms with Crippen LogP contribution in [-0.2, 0) is 6.54 Å². The molecule has 1 aromatic heterocycles. The van der Waals surface area contributed by atoms with Gasteiger partial charge in [-0.1, -0.05) is 42.5 Å². The van der Waals surface area contributed by atoms with E-state index in [9.17, 15) is 9.59 Å². The van der Waals surface area contributed by atoms with Crippen LogP contribution < -0.4 is 16.4 Å². The standard InChI is InChI=1S/C19H19N3O2/c1-13-11-17(20-12-14-7-3-2-4-8-14)22-19(24)16-10-6-5-9-15(16)18(23)21(13)22/h2-10,13,17,20H,11-12H2,1H3. The van der Waals surface area contributed by atoms with E-state index in [4.69, 9.17) is 0 Å². The highest BCUT2D eigenvalue weighted by Crippen LogP contribution is 2.25. The SMILES string of the molecule is CC1CC(NCc2ccccc2)n2c(=O)c3ccccc3c(=O)n21. The molecule has 0 fully saturated rings. The molecule has 1 aliphatic heterocycles. The van der Waals surface area contributed by atoms with Crippen LogP contribution in [0.15, 0.2) is 64.2 Å². The highest BCUT2D eigenvalue weighted by molar-refractivity contribution is 5.80. The van der Waals surface area contributed by atoms with Gasteiger partial charge in [-0.2, -0.15) is 0 Å². The molecule has 0 spiro atoms. The number of fused-ring (bicyclic) bond motifs is 2. The van der Waals surface area contributed by atoms with Crippen molar-refractivity contribution < 1.29 is 0 Å². The molecular formula is C19H19N3O2. The van der Waals surface area contributed by atoms with Gasteiger partial charge < -0.3 is 0 Å². The van der Waals surface area contributed by atoms with Crippen LogP contribution in [0.25, 0.3) is 10.8 Å². The quantitative estimate of drug-likeness (QED) is 0.806. The van der Waals surface area contributed by atoms with Crippen molar-refractivity contribution in [1.82, 2.24) is 14.7 Å². The maximum atomic E-state index is 12.9. The first-order chi connectivity index (χ1) is 11.7. The third-order valence-corrected chi connectivity index (χ3v) is 4.70. The van der Waals surface area contributed by atoms with Crippen molar-refractivity contribution >= 4 is 10.8 Å². The van der Waals surface area contributed by atoms with Crippen molar-refractivity contribution in [2.45, 2.75) is 32.1 Å². The smallest absolute Gasteiger partial charge is 0.274 e. The molecule has 0 saturated heterocycles. The largest absolute Gasteiger partial charge is 0.291 e. The minimum absolute atomic E-state index is 0.0110. The van der Waals surface area contributed by atoms with Gasteiger partial charge in [0.05, 0.1) is 16.8 Å². The first-order valence-corrected chi connectivity index (χ1v) is 8.20. The number of nitrogens with one attached hydrogen (secondary N) is 1. The third-order valence-electron chi connectivity index (χ3n) is 4.70. The van der Waals surface area contributed by atoms with E-state index in [1.165, 1.54) is 0 Å². The zero-order valence-corrected chi connectivity index (χ0v) is 13.5. The second-order valence-corrected chi connectivity index (χ2v) is 6.31. The van der Waals surface area contributed by atoms with Gasteiger partial charge in [0, 0.05) is 13.0 Å². The first kappa shape index (κ1) is 14.9. The molecule has 2 aromatic carbocycles. The molecule has 4 rings (SSSR count). The minimum atomic E-state index is -0.176. The highest BCUT2D eigenvalue weighted by Gasteiger charge is 2.30. The summed E-state index contributed by atoms with van der Waals surface area (Å²) in [7, 11) is 0. The van der Waals surface area contributed by atoms with E-state index < -0.39 is 0 Å². The predicted octanol–water partition coefficient (Wildman–Crippen LogP) is 2.42. The second-order valence-electron chi connectivity index (χ2n) is 6.31. The molecule has 2 heterocycles. The van der Waals surface area contributed by atoms with E-state index in [2.05, 4.69) is 5.32 Å². The van der Waals surface area contributed by atoms with Crippen molar-refractivity contribution in [3.05, 3.63) is 80.9 Å². The van der Waals surface area contributed by atoms with E-state index in [1.807, 2.05) is 37.3 Å². The lowest BCUT2D eigenvalue weighted by molar-refractivity contribution is 0.382. The number of hydrogen-bond donors (Lipinski definition) is 1.